The number of hydrogen-bond acceptors (Lipinski definition) is 5. The number of aromatic amines is 1. The van der Waals surface area contributed by atoms with Gasteiger partial charge < -0.3 is 9.84 Å². The lowest BCUT2D eigenvalue weighted by Crippen LogP contribution is -1.94. The minimum atomic E-state index is 0.151. The molecule has 6 nitrogen and oxygen atoms in total. The van der Waals surface area contributed by atoms with E-state index in [1.165, 1.54) is 0 Å². The SMILES string of the molecule is CCOc1cc(-c2nnn[nH]2)cc(C)c1O. The van der Waals surface area contributed by atoms with Crippen molar-refractivity contribution in [2.24, 2.45) is 0 Å². The van der Waals surface area contributed by atoms with E-state index < -0.39 is 0 Å². The number of phenolic OH excluding ortho intramolecular Hbond substituents is 1. The molecule has 0 unspecified atom stereocenters. The Kier molecular flexibility index (Phi) is 2.72. The topological polar surface area (TPSA) is 83.9 Å². The number of ether oxygens (including phenoxy) is 1. The van der Waals surface area contributed by atoms with Crippen LogP contribution in [0.4, 0.5) is 0 Å². The van der Waals surface area contributed by atoms with Crippen LogP contribution in [0, 0.1) is 6.92 Å². The highest BCUT2D eigenvalue weighted by Crippen LogP contribution is 2.33. The van der Waals surface area contributed by atoms with Crippen molar-refractivity contribution in [1.29, 1.82) is 0 Å². The van der Waals surface area contributed by atoms with Crippen molar-refractivity contribution in [2.75, 3.05) is 6.61 Å². The molecule has 0 spiro atoms. The lowest BCUT2D eigenvalue weighted by molar-refractivity contribution is 0.317. The molecule has 1 aromatic heterocycles. The maximum Gasteiger partial charge on any atom is 0.179 e. The number of benzene rings is 1. The van der Waals surface area contributed by atoms with Crippen molar-refractivity contribution in [3.05, 3.63) is 17.7 Å². The number of nitrogens with zero attached hydrogens (tertiary/aromatic N) is 3. The van der Waals surface area contributed by atoms with Gasteiger partial charge in [-0.15, -0.1) is 5.10 Å². The summed E-state index contributed by atoms with van der Waals surface area (Å²) < 4.78 is 5.32. The van der Waals surface area contributed by atoms with Crippen molar-refractivity contribution in [3.63, 3.8) is 0 Å². The van der Waals surface area contributed by atoms with Crippen LogP contribution in [-0.4, -0.2) is 32.3 Å². The molecule has 0 aliphatic carbocycles. The summed E-state index contributed by atoms with van der Waals surface area (Å²) in [6.07, 6.45) is 0. The standard InChI is InChI=1S/C10H12N4O2/c1-3-16-8-5-7(4-6(2)9(8)15)10-11-13-14-12-10/h4-5,15H,3H2,1-2H3,(H,11,12,13,14). The Morgan fingerprint density at radius 1 is 1.44 bits per heavy atom. The summed E-state index contributed by atoms with van der Waals surface area (Å²) in [4.78, 5) is 0. The summed E-state index contributed by atoms with van der Waals surface area (Å²) >= 11 is 0. The number of tetrazole rings is 1. The molecule has 0 amide bonds. The van der Waals surface area contributed by atoms with Crippen LogP contribution in [0.5, 0.6) is 11.5 Å². The fourth-order valence-electron chi connectivity index (χ4n) is 1.43. The number of rotatable bonds is 3. The van der Waals surface area contributed by atoms with Gasteiger partial charge in [0.25, 0.3) is 0 Å². The highest BCUT2D eigenvalue weighted by Gasteiger charge is 2.11. The van der Waals surface area contributed by atoms with Gasteiger partial charge in [-0.1, -0.05) is 0 Å². The van der Waals surface area contributed by atoms with Crippen LogP contribution in [0.1, 0.15) is 12.5 Å². The first kappa shape index (κ1) is 10.4. The van der Waals surface area contributed by atoms with Gasteiger partial charge >= 0.3 is 0 Å². The summed E-state index contributed by atoms with van der Waals surface area (Å²) in [5.41, 5.74) is 1.50. The fourth-order valence-corrected chi connectivity index (χ4v) is 1.43. The van der Waals surface area contributed by atoms with Gasteiger partial charge in [-0.05, 0) is 42.0 Å². The maximum absolute atomic E-state index is 9.76. The maximum atomic E-state index is 9.76. The predicted molar refractivity (Wildman–Crippen MR) is 57.2 cm³/mol. The first-order valence-electron chi connectivity index (χ1n) is 4.93. The Morgan fingerprint density at radius 2 is 2.25 bits per heavy atom. The third-order valence-electron chi connectivity index (χ3n) is 2.18. The highest BCUT2D eigenvalue weighted by molar-refractivity contribution is 5.62. The van der Waals surface area contributed by atoms with Gasteiger partial charge in [-0.2, -0.15) is 0 Å². The summed E-state index contributed by atoms with van der Waals surface area (Å²) in [5.74, 6) is 1.14. The van der Waals surface area contributed by atoms with E-state index in [0.29, 0.717) is 18.2 Å². The predicted octanol–water partition coefficient (Wildman–Crippen LogP) is 1.28. The van der Waals surface area contributed by atoms with Crippen molar-refractivity contribution in [3.8, 4) is 22.9 Å². The van der Waals surface area contributed by atoms with Crippen LogP contribution in [0.15, 0.2) is 12.1 Å². The molecule has 0 saturated carbocycles. The largest absolute Gasteiger partial charge is 0.504 e. The number of hydrogen-bond donors (Lipinski definition) is 2. The first-order chi connectivity index (χ1) is 7.72. The Labute approximate surface area is 92.3 Å². The van der Waals surface area contributed by atoms with E-state index in [1.54, 1.807) is 19.1 Å². The number of H-pyrrole nitrogens is 1. The molecule has 2 aromatic rings. The first-order valence-corrected chi connectivity index (χ1v) is 4.93. The molecule has 6 heteroatoms. The van der Waals surface area contributed by atoms with Gasteiger partial charge in [0.1, 0.15) is 0 Å². The molecule has 0 radical (unpaired) electrons. The smallest absolute Gasteiger partial charge is 0.179 e. The summed E-state index contributed by atoms with van der Waals surface area (Å²) in [6.45, 7) is 4.15. The third-order valence-corrected chi connectivity index (χ3v) is 2.18. The van der Waals surface area contributed by atoms with Crippen LogP contribution in [0.3, 0.4) is 0 Å². The second kappa shape index (κ2) is 4.18. The van der Waals surface area contributed by atoms with Gasteiger partial charge in [0.05, 0.1) is 6.61 Å². The van der Waals surface area contributed by atoms with E-state index in [1.807, 2.05) is 6.92 Å². The normalized spacial score (nSPS) is 10.4. The molecular weight excluding hydrogens is 208 g/mol. The Morgan fingerprint density at radius 3 is 2.88 bits per heavy atom. The molecule has 1 heterocycles. The van der Waals surface area contributed by atoms with Crippen LogP contribution < -0.4 is 4.74 Å². The second-order valence-corrected chi connectivity index (χ2v) is 3.32. The van der Waals surface area contributed by atoms with E-state index in [4.69, 9.17) is 4.74 Å². The number of phenols is 1. The minimum Gasteiger partial charge on any atom is -0.504 e. The molecule has 2 rings (SSSR count). The Hall–Kier alpha value is -2.11. The molecule has 84 valence electrons. The van der Waals surface area contributed by atoms with E-state index >= 15 is 0 Å². The molecule has 16 heavy (non-hydrogen) atoms. The zero-order valence-corrected chi connectivity index (χ0v) is 9.06. The number of aromatic hydroxyl groups is 1. The molecule has 0 aliphatic rings. The number of nitrogens with one attached hydrogen (secondary N) is 1. The summed E-state index contributed by atoms with van der Waals surface area (Å²) in [5, 5.41) is 23.2. The monoisotopic (exact) mass is 220 g/mol. The molecule has 0 bridgehead atoms. The Bertz CT molecular complexity index is 482. The van der Waals surface area contributed by atoms with Crippen LogP contribution in [0.2, 0.25) is 0 Å². The van der Waals surface area contributed by atoms with Gasteiger partial charge in [0.15, 0.2) is 17.3 Å². The highest BCUT2D eigenvalue weighted by atomic mass is 16.5. The zero-order valence-electron chi connectivity index (χ0n) is 9.06. The van der Waals surface area contributed by atoms with Crippen LogP contribution in [-0.2, 0) is 0 Å². The third kappa shape index (κ3) is 1.81. The van der Waals surface area contributed by atoms with Gasteiger partial charge in [-0.3, -0.25) is 0 Å². The molecular formula is C10H12N4O2. The lowest BCUT2D eigenvalue weighted by atomic mass is 10.1. The van der Waals surface area contributed by atoms with E-state index in [9.17, 15) is 5.11 Å². The Balaban J connectivity index is 2.48. The lowest BCUT2D eigenvalue weighted by Gasteiger charge is -2.09. The fraction of sp³-hybridized carbons (Fsp3) is 0.300. The quantitative estimate of drug-likeness (QED) is 0.814. The van der Waals surface area contributed by atoms with Crippen LogP contribution >= 0.6 is 0 Å². The molecule has 2 N–H and O–H groups in total. The van der Waals surface area contributed by atoms with E-state index in [2.05, 4.69) is 20.6 Å². The van der Waals surface area contributed by atoms with E-state index in [-0.39, 0.29) is 5.75 Å². The molecule has 0 atom stereocenters. The summed E-state index contributed by atoms with van der Waals surface area (Å²) in [7, 11) is 0. The van der Waals surface area contributed by atoms with Crippen molar-refractivity contribution < 1.29 is 9.84 Å². The zero-order chi connectivity index (χ0) is 11.5. The molecule has 1 aromatic carbocycles. The molecule has 0 saturated heterocycles. The second-order valence-electron chi connectivity index (χ2n) is 3.32. The molecule has 0 fully saturated rings. The average Bonchev–Trinajstić information content (AvgIpc) is 2.78. The van der Waals surface area contributed by atoms with Crippen molar-refractivity contribution >= 4 is 0 Å². The van der Waals surface area contributed by atoms with Crippen LogP contribution in [0.25, 0.3) is 11.4 Å². The van der Waals surface area contributed by atoms with E-state index in [0.717, 1.165) is 11.1 Å². The minimum absolute atomic E-state index is 0.151. The van der Waals surface area contributed by atoms with Gasteiger partial charge in [0, 0.05) is 5.56 Å². The van der Waals surface area contributed by atoms with Gasteiger partial charge in [-0.25, -0.2) is 5.10 Å². The van der Waals surface area contributed by atoms with Crippen molar-refractivity contribution in [1.82, 2.24) is 20.6 Å². The summed E-state index contributed by atoms with van der Waals surface area (Å²) in [6, 6.07) is 3.49. The molecule has 0 aliphatic heterocycles. The van der Waals surface area contributed by atoms with Gasteiger partial charge in [0.2, 0.25) is 0 Å². The number of aryl methyl sites for hydroxylation is 1. The average molecular weight is 220 g/mol. The van der Waals surface area contributed by atoms with Crippen molar-refractivity contribution in [2.45, 2.75) is 13.8 Å². The number of aromatic nitrogens is 4.